The summed E-state index contributed by atoms with van der Waals surface area (Å²) in [6.07, 6.45) is 0.945. The third kappa shape index (κ3) is 3.33. The Labute approximate surface area is 117 Å². The molecule has 0 bridgehead atoms. The Bertz CT molecular complexity index is 513. The summed E-state index contributed by atoms with van der Waals surface area (Å²) >= 11 is 0. The highest BCUT2D eigenvalue weighted by Crippen LogP contribution is 2.19. The summed E-state index contributed by atoms with van der Waals surface area (Å²) in [5.74, 6) is -1.88. The number of esters is 1. The second-order valence-electron chi connectivity index (χ2n) is 4.50. The molecule has 0 heterocycles. The molecular formula is C14H19FN2O3. The maximum Gasteiger partial charge on any atom is 0.340 e. The molecule has 0 saturated heterocycles. The van der Waals surface area contributed by atoms with E-state index in [1.165, 1.54) is 12.1 Å². The number of methoxy groups -OCH3 is 1. The first-order valence-electron chi connectivity index (χ1n) is 6.36. The van der Waals surface area contributed by atoms with E-state index < -0.39 is 17.3 Å². The van der Waals surface area contributed by atoms with Crippen LogP contribution in [-0.4, -0.2) is 24.5 Å². The largest absolute Gasteiger partial charge is 0.465 e. The minimum atomic E-state index is -0.986. The number of ether oxygens (including phenoxy) is 1. The van der Waals surface area contributed by atoms with Crippen molar-refractivity contribution in [2.24, 2.45) is 5.73 Å². The highest BCUT2D eigenvalue weighted by molar-refractivity contribution is 5.99. The number of carbonyl (C=O) groups excluding carboxylic acids is 2. The van der Waals surface area contributed by atoms with Crippen molar-refractivity contribution in [2.75, 3.05) is 12.4 Å². The van der Waals surface area contributed by atoms with Crippen LogP contribution >= 0.6 is 0 Å². The van der Waals surface area contributed by atoms with E-state index in [1.807, 2.05) is 13.8 Å². The Kier molecular flexibility index (Phi) is 5.21. The van der Waals surface area contributed by atoms with Crippen molar-refractivity contribution in [1.82, 2.24) is 0 Å². The molecule has 0 aromatic heterocycles. The van der Waals surface area contributed by atoms with Crippen LogP contribution < -0.4 is 11.1 Å². The van der Waals surface area contributed by atoms with E-state index in [0.29, 0.717) is 18.5 Å². The molecule has 0 unspecified atom stereocenters. The maximum atomic E-state index is 13.5. The van der Waals surface area contributed by atoms with Gasteiger partial charge in [0.15, 0.2) is 0 Å². The zero-order valence-corrected chi connectivity index (χ0v) is 11.8. The molecule has 0 radical (unpaired) electrons. The molecule has 5 nitrogen and oxygen atoms in total. The number of hydrogen-bond acceptors (Lipinski definition) is 4. The van der Waals surface area contributed by atoms with Gasteiger partial charge in [-0.15, -0.1) is 0 Å². The molecule has 1 rings (SSSR count). The lowest BCUT2D eigenvalue weighted by Gasteiger charge is -2.25. The fourth-order valence-corrected chi connectivity index (χ4v) is 1.70. The number of carbonyl (C=O) groups is 2. The van der Waals surface area contributed by atoms with Crippen LogP contribution in [0.15, 0.2) is 18.2 Å². The predicted molar refractivity (Wildman–Crippen MR) is 73.9 cm³/mol. The Morgan fingerprint density at radius 3 is 2.45 bits per heavy atom. The molecule has 6 heteroatoms. The summed E-state index contributed by atoms with van der Waals surface area (Å²) in [5.41, 5.74) is 5.04. The molecule has 110 valence electrons. The standard InChI is InChI=1S/C14H19FN2O3/c1-4-14(16,5-2)13(19)17-9-6-7-11(15)10(8-9)12(18)20-3/h6-8H,4-5,16H2,1-3H3,(H,17,19). The first kappa shape index (κ1) is 16.1. The first-order chi connectivity index (χ1) is 9.37. The zero-order chi connectivity index (χ0) is 15.3. The van der Waals surface area contributed by atoms with Gasteiger partial charge in [-0.05, 0) is 31.0 Å². The van der Waals surface area contributed by atoms with Gasteiger partial charge in [0.25, 0.3) is 0 Å². The van der Waals surface area contributed by atoms with Gasteiger partial charge in [0, 0.05) is 5.69 Å². The van der Waals surface area contributed by atoms with E-state index >= 15 is 0 Å². The van der Waals surface area contributed by atoms with E-state index in [9.17, 15) is 14.0 Å². The van der Waals surface area contributed by atoms with E-state index in [4.69, 9.17) is 5.73 Å². The molecule has 1 amide bonds. The lowest BCUT2D eigenvalue weighted by atomic mass is 9.93. The van der Waals surface area contributed by atoms with Gasteiger partial charge in [-0.25, -0.2) is 9.18 Å². The molecule has 20 heavy (non-hydrogen) atoms. The van der Waals surface area contributed by atoms with E-state index in [0.717, 1.165) is 13.2 Å². The molecule has 1 aromatic rings. The Hall–Kier alpha value is -1.95. The Morgan fingerprint density at radius 1 is 1.35 bits per heavy atom. The second kappa shape index (κ2) is 6.47. The number of hydrogen-bond donors (Lipinski definition) is 2. The summed E-state index contributed by atoms with van der Waals surface area (Å²) in [6.45, 7) is 3.63. The molecule has 0 aliphatic heterocycles. The van der Waals surface area contributed by atoms with E-state index in [-0.39, 0.29) is 11.5 Å². The van der Waals surface area contributed by atoms with Crippen LogP contribution in [0.3, 0.4) is 0 Å². The molecule has 0 spiro atoms. The lowest BCUT2D eigenvalue weighted by molar-refractivity contribution is -0.121. The minimum Gasteiger partial charge on any atom is -0.465 e. The van der Waals surface area contributed by atoms with Gasteiger partial charge >= 0.3 is 5.97 Å². The molecule has 1 aromatic carbocycles. The zero-order valence-electron chi connectivity index (χ0n) is 11.8. The quantitative estimate of drug-likeness (QED) is 0.810. The smallest absolute Gasteiger partial charge is 0.340 e. The molecular weight excluding hydrogens is 263 g/mol. The lowest BCUT2D eigenvalue weighted by Crippen LogP contribution is -2.50. The molecule has 0 fully saturated rings. The van der Waals surface area contributed by atoms with Crippen molar-refractivity contribution in [2.45, 2.75) is 32.2 Å². The summed E-state index contributed by atoms with van der Waals surface area (Å²) in [6, 6.07) is 3.69. The van der Waals surface area contributed by atoms with Crippen LogP contribution in [0.2, 0.25) is 0 Å². The summed E-state index contributed by atoms with van der Waals surface area (Å²) in [4.78, 5) is 23.5. The van der Waals surface area contributed by atoms with Crippen LogP contribution in [0.25, 0.3) is 0 Å². The van der Waals surface area contributed by atoms with Gasteiger partial charge in [0.1, 0.15) is 5.82 Å². The Balaban J connectivity index is 3.00. The average Bonchev–Trinajstić information content (AvgIpc) is 2.47. The number of nitrogens with two attached hydrogens (primary N) is 1. The third-order valence-corrected chi connectivity index (χ3v) is 3.34. The van der Waals surface area contributed by atoms with Gasteiger partial charge < -0.3 is 15.8 Å². The van der Waals surface area contributed by atoms with Gasteiger partial charge in [0.05, 0.1) is 18.2 Å². The SMILES string of the molecule is CCC(N)(CC)C(=O)Nc1ccc(F)c(C(=O)OC)c1. The van der Waals surface area contributed by atoms with E-state index in [2.05, 4.69) is 10.1 Å². The molecule has 0 aliphatic rings. The average molecular weight is 282 g/mol. The topological polar surface area (TPSA) is 81.4 Å². The number of halogens is 1. The number of rotatable bonds is 5. The molecule has 3 N–H and O–H groups in total. The molecule has 0 aliphatic carbocycles. The number of benzene rings is 1. The van der Waals surface area contributed by atoms with Crippen LogP contribution in [0, 0.1) is 5.82 Å². The summed E-state index contributed by atoms with van der Waals surface area (Å²) < 4.78 is 17.9. The van der Waals surface area contributed by atoms with Crippen molar-refractivity contribution >= 4 is 17.6 Å². The van der Waals surface area contributed by atoms with Gasteiger partial charge in [-0.3, -0.25) is 4.79 Å². The monoisotopic (exact) mass is 282 g/mol. The highest BCUT2D eigenvalue weighted by atomic mass is 19.1. The highest BCUT2D eigenvalue weighted by Gasteiger charge is 2.30. The van der Waals surface area contributed by atoms with Crippen molar-refractivity contribution in [3.8, 4) is 0 Å². The molecule has 0 saturated carbocycles. The van der Waals surface area contributed by atoms with Crippen LogP contribution in [-0.2, 0) is 9.53 Å². The van der Waals surface area contributed by atoms with Crippen LogP contribution in [0.5, 0.6) is 0 Å². The minimum absolute atomic E-state index is 0.235. The van der Waals surface area contributed by atoms with E-state index in [1.54, 1.807) is 0 Å². The first-order valence-corrected chi connectivity index (χ1v) is 6.36. The number of nitrogens with one attached hydrogen (secondary N) is 1. The fraction of sp³-hybridized carbons (Fsp3) is 0.429. The van der Waals surface area contributed by atoms with Gasteiger partial charge in [0.2, 0.25) is 5.91 Å². The predicted octanol–water partition coefficient (Wildman–Crippen LogP) is 2.07. The summed E-state index contributed by atoms with van der Waals surface area (Å²) in [7, 11) is 1.16. The van der Waals surface area contributed by atoms with Gasteiger partial charge in [-0.2, -0.15) is 0 Å². The van der Waals surface area contributed by atoms with Crippen molar-refractivity contribution in [1.29, 1.82) is 0 Å². The fourth-order valence-electron chi connectivity index (χ4n) is 1.70. The summed E-state index contributed by atoms with van der Waals surface area (Å²) in [5, 5.41) is 2.59. The molecule has 0 atom stereocenters. The van der Waals surface area contributed by atoms with Crippen molar-refractivity contribution < 1.29 is 18.7 Å². The maximum absolute atomic E-state index is 13.5. The van der Waals surface area contributed by atoms with Crippen molar-refractivity contribution in [3.05, 3.63) is 29.6 Å². The Morgan fingerprint density at radius 2 is 1.95 bits per heavy atom. The normalized spacial score (nSPS) is 11.1. The number of amides is 1. The van der Waals surface area contributed by atoms with Gasteiger partial charge in [-0.1, -0.05) is 13.8 Å². The second-order valence-corrected chi connectivity index (χ2v) is 4.50. The van der Waals surface area contributed by atoms with Crippen LogP contribution in [0.1, 0.15) is 37.0 Å². The number of anilines is 1. The third-order valence-electron chi connectivity index (χ3n) is 3.34. The van der Waals surface area contributed by atoms with Crippen molar-refractivity contribution in [3.63, 3.8) is 0 Å². The van der Waals surface area contributed by atoms with Crippen LogP contribution in [0.4, 0.5) is 10.1 Å².